The van der Waals surface area contributed by atoms with Crippen molar-refractivity contribution in [1.82, 2.24) is 4.90 Å². The van der Waals surface area contributed by atoms with Crippen molar-refractivity contribution in [3.63, 3.8) is 0 Å². The zero-order valence-corrected chi connectivity index (χ0v) is 9.76. The molecule has 0 N–H and O–H groups in total. The fraction of sp³-hybridized carbons (Fsp3) is 0.636. The van der Waals surface area contributed by atoms with Crippen LogP contribution in [0.2, 0.25) is 0 Å². The summed E-state index contributed by atoms with van der Waals surface area (Å²) in [5, 5.41) is 0. The number of aliphatic imine (C=N–C) groups is 2. The molecule has 0 aromatic rings. The number of hydrogen-bond donors (Lipinski definition) is 0. The second-order valence-corrected chi connectivity index (χ2v) is 3.95. The monoisotopic (exact) mass is 237 g/mol. The van der Waals surface area contributed by atoms with E-state index in [9.17, 15) is 9.59 Å². The van der Waals surface area contributed by atoms with E-state index in [2.05, 4.69) is 9.98 Å². The number of amides is 1. The summed E-state index contributed by atoms with van der Waals surface area (Å²) in [6.07, 6.45) is 3.51. The van der Waals surface area contributed by atoms with Gasteiger partial charge in [0.05, 0.1) is 6.61 Å². The third-order valence-electron chi connectivity index (χ3n) is 2.74. The number of ether oxygens (including phenoxy) is 1. The SMILES string of the molecule is CCOC(=O)C1C=NC(N2CCCC2)=NC1=O. The van der Waals surface area contributed by atoms with Gasteiger partial charge >= 0.3 is 5.97 Å². The molecule has 2 heterocycles. The highest BCUT2D eigenvalue weighted by atomic mass is 16.5. The van der Waals surface area contributed by atoms with Crippen molar-refractivity contribution in [2.75, 3.05) is 19.7 Å². The molecule has 92 valence electrons. The number of esters is 1. The van der Waals surface area contributed by atoms with Gasteiger partial charge in [-0.05, 0) is 19.8 Å². The molecule has 1 saturated heterocycles. The highest BCUT2D eigenvalue weighted by Crippen LogP contribution is 2.13. The Bertz CT molecular complexity index is 383. The number of rotatable bonds is 2. The highest BCUT2D eigenvalue weighted by molar-refractivity contribution is 6.18. The molecule has 2 aliphatic rings. The van der Waals surface area contributed by atoms with E-state index < -0.39 is 17.8 Å². The Balaban J connectivity index is 2.04. The standard InChI is InChI=1S/C11H15N3O3/c1-2-17-10(16)8-7-12-11(13-9(8)15)14-5-3-4-6-14/h7-8H,2-6H2,1H3. The average molecular weight is 237 g/mol. The van der Waals surface area contributed by atoms with E-state index in [0.717, 1.165) is 25.9 Å². The zero-order chi connectivity index (χ0) is 12.3. The molecule has 1 unspecified atom stereocenters. The van der Waals surface area contributed by atoms with Crippen LogP contribution in [0.5, 0.6) is 0 Å². The van der Waals surface area contributed by atoms with Gasteiger partial charge in [0.25, 0.3) is 5.91 Å². The van der Waals surface area contributed by atoms with Crippen LogP contribution in [0.25, 0.3) is 0 Å². The highest BCUT2D eigenvalue weighted by Gasteiger charge is 2.31. The first-order chi connectivity index (χ1) is 8.22. The van der Waals surface area contributed by atoms with Crippen LogP contribution in [0.1, 0.15) is 19.8 Å². The average Bonchev–Trinajstić information content (AvgIpc) is 2.82. The number of carbonyl (C=O) groups excluding carboxylic acids is 2. The van der Waals surface area contributed by atoms with Crippen molar-refractivity contribution >= 4 is 24.1 Å². The molecule has 0 aliphatic carbocycles. The first-order valence-electron chi connectivity index (χ1n) is 5.80. The minimum absolute atomic E-state index is 0.249. The van der Waals surface area contributed by atoms with Crippen molar-refractivity contribution < 1.29 is 14.3 Å². The summed E-state index contributed by atoms with van der Waals surface area (Å²) < 4.78 is 4.78. The van der Waals surface area contributed by atoms with Gasteiger partial charge in [-0.3, -0.25) is 9.59 Å². The van der Waals surface area contributed by atoms with Gasteiger partial charge < -0.3 is 9.64 Å². The molecule has 1 atom stereocenters. The summed E-state index contributed by atoms with van der Waals surface area (Å²) in [6.45, 7) is 3.68. The number of carbonyl (C=O) groups is 2. The molecule has 2 rings (SSSR count). The molecule has 0 aromatic carbocycles. The van der Waals surface area contributed by atoms with Crippen LogP contribution in [0, 0.1) is 5.92 Å². The normalized spacial score (nSPS) is 23.8. The number of nitrogens with zero attached hydrogens (tertiary/aromatic N) is 3. The van der Waals surface area contributed by atoms with E-state index in [1.54, 1.807) is 6.92 Å². The van der Waals surface area contributed by atoms with Crippen LogP contribution in [0.15, 0.2) is 9.98 Å². The summed E-state index contributed by atoms with van der Waals surface area (Å²) >= 11 is 0. The first-order valence-corrected chi connectivity index (χ1v) is 5.80. The first kappa shape index (κ1) is 11.8. The van der Waals surface area contributed by atoms with Crippen molar-refractivity contribution in [3.8, 4) is 0 Å². The molecule has 0 aromatic heterocycles. The summed E-state index contributed by atoms with van der Waals surface area (Å²) in [5.74, 6) is -1.61. The molecule has 6 heteroatoms. The molecule has 1 amide bonds. The van der Waals surface area contributed by atoms with Crippen LogP contribution in [-0.4, -0.2) is 48.6 Å². The summed E-state index contributed by atoms with van der Waals surface area (Å²) in [4.78, 5) is 33.0. The number of hydrogen-bond acceptors (Lipinski definition) is 5. The Hall–Kier alpha value is -1.72. The number of guanidine groups is 1. The molecular formula is C11H15N3O3. The van der Waals surface area contributed by atoms with Crippen molar-refractivity contribution in [2.24, 2.45) is 15.9 Å². The van der Waals surface area contributed by atoms with Gasteiger partial charge in [0.1, 0.15) is 0 Å². The molecule has 0 saturated carbocycles. The molecular weight excluding hydrogens is 222 g/mol. The quantitative estimate of drug-likeness (QED) is 0.509. The molecule has 0 radical (unpaired) electrons. The molecule has 17 heavy (non-hydrogen) atoms. The Morgan fingerprint density at radius 2 is 2.24 bits per heavy atom. The smallest absolute Gasteiger partial charge is 0.324 e. The fourth-order valence-corrected chi connectivity index (χ4v) is 1.87. The van der Waals surface area contributed by atoms with Gasteiger partial charge in [0.2, 0.25) is 5.96 Å². The minimum Gasteiger partial charge on any atom is -0.465 e. The largest absolute Gasteiger partial charge is 0.465 e. The van der Waals surface area contributed by atoms with E-state index in [0.29, 0.717) is 5.96 Å². The minimum atomic E-state index is -0.971. The van der Waals surface area contributed by atoms with Crippen LogP contribution in [0.4, 0.5) is 0 Å². The molecule has 0 bridgehead atoms. The van der Waals surface area contributed by atoms with Crippen LogP contribution in [-0.2, 0) is 14.3 Å². The van der Waals surface area contributed by atoms with Gasteiger partial charge in [-0.2, -0.15) is 4.99 Å². The summed E-state index contributed by atoms with van der Waals surface area (Å²) in [7, 11) is 0. The molecule has 2 aliphatic heterocycles. The van der Waals surface area contributed by atoms with E-state index in [-0.39, 0.29) is 6.61 Å². The van der Waals surface area contributed by atoms with Gasteiger partial charge in [0, 0.05) is 19.3 Å². The van der Waals surface area contributed by atoms with Crippen LogP contribution >= 0.6 is 0 Å². The third kappa shape index (κ3) is 2.51. The maximum absolute atomic E-state index is 11.7. The number of likely N-dealkylation sites (tertiary alicyclic amines) is 1. The van der Waals surface area contributed by atoms with E-state index in [1.807, 2.05) is 4.90 Å². The van der Waals surface area contributed by atoms with Crippen molar-refractivity contribution in [2.45, 2.75) is 19.8 Å². The topological polar surface area (TPSA) is 71.3 Å². The Labute approximate surface area is 99.4 Å². The van der Waals surface area contributed by atoms with Gasteiger partial charge in [0.15, 0.2) is 5.92 Å². The third-order valence-corrected chi connectivity index (χ3v) is 2.74. The molecule has 6 nitrogen and oxygen atoms in total. The van der Waals surface area contributed by atoms with Gasteiger partial charge in [-0.25, -0.2) is 4.99 Å². The van der Waals surface area contributed by atoms with Crippen molar-refractivity contribution in [1.29, 1.82) is 0 Å². The maximum atomic E-state index is 11.7. The summed E-state index contributed by atoms with van der Waals surface area (Å²) in [6, 6.07) is 0. The van der Waals surface area contributed by atoms with E-state index >= 15 is 0 Å². The lowest BCUT2D eigenvalue weighted by Crippen LogP contribution is -2.35. The predicted molar refractivity (Wildman–Crippen MR) is 61.9 cm³/mol. The second-order valence-electron chi connectivity index (χ2n) is 3.95. The Morgan fingerprint density at radius 3 is 2.82 bits per heavy atom. The molecule has 1 fully saturated rings. The lowest BCUT2D eigenvalue weighted by molar-refractivity contribution is -0.148. The van der Waals surface area contributed by atoms with Gasteiger partial charge in [-0.1, -0.05) is 0 Å². The Morgan fingerprint density at radius 1 is 1.53 bits per heavy atom. The zero-order valence-electron chi connectivity index (χ0n) is 9.76. The van der Waals surface area contributed by atoms with E-state index in [4.69, 9.17) is 4.74 Å². The fourth-order valence-electron chi connectivity index (χ4n) is 1.87. The van der Waals surface area contributed by atoms with Crippen LogP contribution in [0.3, 0.4) is 0 Å². The van der Waals surface area contributed by atoms with Crippen LogP contribution < -0.4 is 0 Å². The lowest BCUT2D eigenvalue weighted by atomic mass is 10.1. The summed E-state index contributed by atoms with van der Waals surface area (Å²) in [5.41, 5.74) is 0. The van der Waals surface area contributed by atoms with E-state index in [1.165, 1.54) is 6.21 Å². The maximum Gasteiger partial charge on any atom is 0.324 e. The second kappa shape index (κ2) is 5.07. The Kier molecular flexibility index (Phi) is 3.51. The lowest BCUT2D eigenvalue weighted by Gasteiger charge is -2.19. The molecule has 0 spiro atoms. The van der Waals surface area contributed by atoms with Gasteiger partial charge in [-0.15, -0.1) is 0 Å². The predicted octanol–water partition coefficient (Wildman–Crippen LogP) is 0.228. The van der Waals surface area contributed by atoms with Crippen molar-refractivity contribution in [3.05, 3.63) is 0 Å².